The number of carboxylic acid groups (broad SMARTS) is 1. The van der Waals surface area contributed by atoms with Gasteiger partial charge in [0, 0.05) is 18.7 Å². The van der Waals surface area contributed by atoms with Crippen molar-refractivity contribution in [1.29, 1.82) is 0 Å². The topological polar surface area (TPSA) is 192 Å². The number of anilines is 1. The van der Waals surface area contributed by atoms with Crippen LogP contribution in [0.25, 0.3) is 0 Å². The van der Waals surface area contributed by atoms with Crippen LogP contribution in [0.2, 0.25) is 0 Å². The molecule has 2 rings (SSSR count). The summed E-state index contributed by atoms with van der Waals surface area (Å²) in [4.78, 5) is 49.7. The van der Waals surface area contributed by atoms with E-state index in [-0.39, 0.29) is 32.6 Å². The van der Waals surface area contributed by atoms with E-state index in [1.165, 1.54) is 0 Å². The Morgan fingerprint density at radius 3 is 2.55 bits per heavy atom. The van der Waals surface area contributed by atoms with Crippen molar-refractivity contribution in [1.82, 2.24) is 16.0 Å². The second-order valence-corrected chi connectivity index (χ2v) is 9.97. The van der Waals surface area contributed by atoms with Crippen molar-refractivity contribution in [2.24, 2.45) is 5.73 Å². The van der Waals surface area contributed by atoms with Crippen molar-refractivity contribution in [2.45, 2.75) is 82.6 Å². The average molecular weight is 562 g/mol. The second-order valence-electron chi connectivity index (χ2n) is 9.97. The highest BCUT2D eigenvalue weighted by molar-refractivity contribution is 5.93. The third-order valence-electron chi connectivity index (χ3n) is 6.52. The Kier molecular flexibility index (Phi) is 14.1. The molecule has 40 heavy (non-hydrogen) atoms. The summed E-state index contributed by atoms with van der Waals surface area (Å²) in [5, 5.41) is 31.1. The van der Waals surface area contributed by atoms with E-state index < -0.39 is 54.0 Å². The maximum atomic E-state index is 13.3. The summed E-state index contributed by atoms with van der Waals surface area (Å²) >= 11 is 0. The van der Waals surface area contributed by atoms with E-state index in [0.29, 0.717) is 25.7 Å². The summed E-state index contributed by atoms with van der Waals surface area (Å²) in [6, 6.07) is 3.99. The first-order valence-corrected chi connectivity index (χ1v) is 13.7. The number of amides is 3. The first kappa shape index (κ1) is 32.7. The highest BCUT2D eigenvalue weighted by Gasteiger charge is 2.30. The minimum Gasteiger partial charge on any atom is -0.481 e. The minimum absolute atomic E-state index is 0.0948. The lowest BCUT2D eigenvalue weighted by atomic mass is 10.0. The number of aliphatic carboxylic acids is 1. The van der Waals surface area contributed by atoms with Gasteiger partial charge in [0.2, 0.25) is 17.7 Å². The molecule has 0 unspecified atom stereocenters. The summed E-state index contributed by atoms with van der Waals surface area (Å²) in [5.41, 5.74) is 7.76. The fourth-order valence-electron chi connectivity index (χ4n) is 4.10. The number of aliphatic hydroxyl groups is 1. The van der Waals surface area contributed by atoms with Crippen LogP contribution < -0.4 is 27.0 Å². The maximum absolute atomic E-state index is 13.3. The van der Waals surface area contributed by atoms with Crippen molar-refractivity contribution < 1.29 is 34.1 Å². The Labute approximate surface area is 235 Å². The number of hydrogen-bond donors (Lipinski definition) is 7. The molecule has 0 bridgehead atoms. The molecule has 1 aliphatic rings. The van der Waals surface area contributed by atoms with E-state index in [0.717, 1.165) is 11.3 Å². The Morgan fingerprint density at radius 1 is 1.15 bits per heavy atom. The van der Waals surface area contributed by atoms with Crippen LogP contribution in [0.3, 0.4) is 0 Å². The average Bonchev–Trinajstić information content (AvgIpc) is 2.92. The van der Waals surface area contributed by atoms with Gasteiger partial charge in [0.05, 0.1) is 31.4 Å². The van der Waals surface area contributed by atoms with E-state index >= 15 is 0 Å². The fourth-order valence-corrected chi connectivity index (χ4v) is 4.10. The van der Waals surface area contributed by atoms with Crippen LogP contribution in [-0.2, 0) is 23.9 Å². The lowest BCUT2D eigenvalue weighted by Gasteiger charge is -2.28. The zero-order chi connectivity index (χ0) is 29.5. The number of allylic oxidation sites excluding steroid dienone is 1. The molecule has 1 aromatic carbocycles. The Bertz CT molecular complexity index is 1000. The molecule has 222 valence electrons. The molecule has 5 atom stereocenters. The van der Waals surface area contributed by atoms with Crippen molar-refractivity contribution in [3.63, 3.8) is 0 Å². The molecule has 0 saturated carbocycles. The molecule has 0 spiro atoms. The van der Waals surface area contributed by atoms with Crippen molar-refractivity contribution in [3.05, 3.63) is 42.0 Å². The monoisotopic (exact) mass is 561 g/mol. The van der Waals surface area contributed by atoms with Gasteiger partial charge in [-0.15, -0.1) is 0 Å². The minimum atomic E-state index is -1.15. The summed E-state index contributed by atoms with van der Waals surface area (Å²) in [6.07, 6.45) is 4.30. The van der Waals surface area contributed by atoms with Gasteiger partial charge in [-0.05, 0) is 44.7 Å². The fraction of sp³-hybridized carbons (Fsp3) is 0.571. The molecule has 0 fully saturated rings. The molecule has 3 amide bonds. The van der Waals surface area contributed by atoms with Gasteiger partial charge in [-0.1, -0.05) is 43.2 Å². The number of carbonyl (C=O) groups excluding carboxylic acids is 3. The van der Waals surface area contributed by atoms with E-state index in [1.807, 2.05) is 44.2 Å². The number of aliphatic hydroxyl groups excluding tert-OH is 1. The van der Waals surface area contributed by atoms with E-state index in [9.17, 15) is 24.3 Å². The number of carboxylic acids is 1. The number of ether oxygens (including phenoxy) is 1. The van der Waals surface area contributed by atoms with Crippen LogP contribution in [0.4, 0.5) is 5.69 Å². The third kappa shape index (κ3) is 11.7. The smallest absolute Gasteiger partial charge is 0.303 e. The third-order valence-corrected chi connectivity index (χ3v) is 6.52. The zero-order valence-electron chi connectivity index (χ0n) is 23.2. The van der Waals surface area contributed by atoms with Crippen LogP contribution in [0.1, 0.15) is 51.0 Å². The van der Waals surface area contributed by atoms with Gasteiger partial charge in [-0.3, -0.25) is 19.2 Å². The Balaban J connectivity index is 2.12. The molecule has 0 aliphatic carbocycles. The van der Waals surface area contributed by atoms with E-state index in [1.54, 1.807) is 6.08 Å². The number of nitrogens with one attached hydrogen (secondary N) is 4. The quantitative estimate of drug-likeness (QED) is 0.189. The van der Waals surface area contributed by atoms with Gasteiger partial charge in [0.25, 0.3) is 0 Å². The summed E-state index contributed by atoms with van der Waals surface area (Å²) in [6.45, 7) is 4.08. The number of nitrogens with two attached hydrogens (primary N) is 1. The lowest BCUT2D eigenvalue weighted by Crippen LogP contribution is -2.58. The van der Waals surface area contributed by atoms with Gasteiger partial charge in [-0.25, -0.2) is 0 Å². The molecule has 0 aromatic heterocycles. The highest BCUT2D eigenvalue weighted by atomic mass is 16.5. The van der Waals surface area contributed by atoms with E-state index in [2.05, 4.69) is 21.3 Å². The molecule has 8 N–H and O–H groups in total. The van der Waals surface area contributed by atoms with Crippen LogP contribution in [0.5, 0.6) is 0 Å². The van der Waals surface area contributed by atoms with Crippen LogP contribution in [-0.4, -0.2) is 83.9 Å². The molecule has 1 aromatic rings. The first-order chi connectivity index (χ1) is 19.1. The number of benzene rings is 1. The van der Waals surface area contributed by atoms with E-state index in [4.69, 9.17) is 15.6 Å². The van der Waals surface area contributed by atoms with Crippen LogP contribution in [0.15, 0.2) is 36.4 Å². The van der Waals surface area contributed by atoms with Crippen molar-refractivity contribution in [2.75, 3.05) is 25.1 Å². The Morgan fingerprint density at radius 2 is 1.88 bits per heavy atom. The summed E-state index contributed by atoms with van der Waals surface area (Å²) < 4.78 is 5.58. The summed E-state index contributed by atoms with van der Waals surface area (Å²) in [5.74, 6) is -2.86. The molecular formula is C28H43N5O7. The number of aryl methyl sites for hydroxylation is 1. The maximum Gasteiger partial charge on any atom is 0.303 e. The molecule has 0 radical (unpaired) electrons. The van der Waals surface area contributed by atoms with Gasteiger partial charge < -0.3 is 42.0 Å². The number of hydrogen-bond acceptors (Lipinski definition) is 8. The molecule has 12 nitrogen and oxygen atoms in total. The number of carbonyl (C=O) groups is 4. The van der Waals surface area contributed by atoms with Gasteiger partial charge in [-0.2, -0.15) is 0 Å². The van der Waals surface area contributed by atoms with Gasteiger partial charge in [0.1, 0.15) is 12.1 Å². The van der Waals surface area contributed by atoms with Gasteiger partial charge in [0.15, 0.2) is 0 Å². The Hall–Kier alpha value is -3.48. The number of rotatable bonds is 11. The molecular weight excluding hydrogens is 518 g/mol. The normalized spacial score (nSPS) is 23.1. The van der Waals surface area contributed by atoms with Crippen LogP contribution in [0, 0.1) is 6.92 Å². The standard InChI is InChI=1S/C28H43N5O7/c1-3-7-22-27(38)31-21(24(34)16-30-19-11-9-18(2)10-12-19)8-5-4-6-15-40-17-23(28(39)32-22)33-26(37)20(29)13-14-25(35)36/h4,6,9-12,20-24,30,34H,3,5,7-8,13-17,29H2,1-2H3,(H,31,38)(H,32,39)(H,33,37)(H,35,36)/b6-4-/t20-,21-,22-,23-,24+/m0/s1. The van der Waals surface area contributed by atoms with Crippen molar-refractivity contribution in [3.8, 4) is 0 Å². The van der Waals surface area contributed by atoms with Crippen LogP contribution >= 0.6 is 0 Å². The first-order valence-electron chi connectivity index (χ1n) is 13.7. The predicted molar refractivity (Wildman–Crippen MR) is 150 cm³/mol. The zero-order valence-corrected chi connectivity index (χ0v) is 23.2. The lowest BCUT2D eigenvalue weighted by molar-refractivity contribution is -0.137. The SMILES string of the molecule is CCC[C@@H]1NC(=O)[C@@H](NC(=O)[C@@H](N)CCC(=O)O)COC/C=C\CC[C@@H]([C@H](O)CNc2ccc(C)cc2)NC1=O. The molecule has 0 saturated heterocycles. The predicted octanol–water partition coefficient (Wildman–Crippen LogP) is 0.581. The van der Waals surface area contributed by atoms with Gasteiger partial charge >= 0.3 is 5.97 Å². The summed E-state index contributed by atoms with van der Waals surface area (Å²) in [7, 11) is 0. The van der Waals surface area contributed by atoms with Crippen molar-refractivity contribution >= 4 is 29.4 Å². The highest BCUT2D eigenvalue weighted by Crippen LogP contribution is 2.12. The molecule has 12 heteroatoms. The second kappa shape index (κ2) is 17.3. The molecule has 1 aliphatic heterocycles. The molecule has 1 heterocycles. The largest absolute Gasteiger partial charge is 0.481 e.